The fraction of sp³-hybridized carbons (Fsp3) is 1.00. The first-order valence-electron chi connectivity index (χ1n) is 8.92. The highest BCUT2D eigenvalue weighted by Crippen LogP contribution is 2.49. The van der Waals surface area contributed by atoms with E-state index in [1.54, 1.807) is 0 Å². The fourth-order valence-electron chi connectivity index (χ4n) is 2.04. The maximum absolute atomic E-state index is 12.6. The molecule has 0 spiro atoms. The van der Waals surface area contributed by atoms with Gasteiger partial charge in [0.2, 0.25) is 0 Å². The normalized spacial score (nSPS) is 14.5. The van der Waals surface area contributed by atoms with Crippen molar-refractivity contribution in [2.45, 2.75) is 85.5 Å². The summed E-state index contributed by atoms with van der Waals surface area (Å²) in [6.45, 7) is 9.58. The maximum atomic E-state index is 12.6. The molecule has 0 bridgehead atoms. The van der Waals surface area contributed by atoms with Crippen LogP contribution in [0.25, 0.3) is 0 Å². The Hall–Kier alpha value is 0.150. The van der Waals surface area contributed by atoms with Gasteiger partial charge in [-0.25, -0.2) is 0 Å². The first-order valence-corrected chi connectivity index (χ1v) is 10.6. The predicted octanol–water partition coefficient (Wildman–Crippen LogP) is 6.42. The summed E-state index contributed by atoms with van der Waals surface area (Å²) in [5.41, 5.74) is 0. The average Bonchev–Trinajstić information content (AvgIpc) is 2.46. The predicted molar refractivity (Wildman–Crippen MR) is 92.1 cm³/mol. The molecule has 0 saturated carbocycles. The second-order valence-corrected chi connectivity index (χ2v) is 8.52. The van der Waals surface area contributed by atoms with E-state index >= 15 is 0 Å². The second kappa shape index (κ2) is 13.8. The quantitative estimate of drug-likeness (QED) is 0.258. The zero-order valence-corrected chi connectivity index (χ0v) is 15.6. The van der Waals surface area contributed by atoms with Gasteiger partial charge in [-0.3, -0.25) is 4.57 Å². The summed E-state index contributed by atoms with van der Waals surface area (Å²) < 4.78 is 23.8. The lowest BCUT2D eigenvalue weighted by Gasteiger charge is -2.19. The molecule has 0 fully saturated rings. The van der Waals surface area contributed by atoms with Crippen LogP contribution in [0.2, 0.25) is 0 Å². The molecule has 1 unspecified atom stereocenters. The first kappa shape index (κ1) is 21.1. The zero-order valence-electron chi connectivity index (χ0n) is 14.7. The molecular formula is C17H37O3P. The van der Waals surface area contributed by atoms with Gasteiger partial charge in [0, 0.05) is 0 Å². The van der Waals surface area contributed by atoms with E-state index < -0.39 is 7.60 Å². The molecule has 0 amide bonds. The molecule has 21 heavy (non-hydrogen) atoms. The highest BCUT2D eigenvalue weighted by Gasteiger charge is 2.23. The monoisotopic (exact) mass is 320 g/mol. The van der Waals surface area contributed by atoms with Crippen LogP contribution in [0.15, 0.2) is 0 Å². The van der Waals surface area contributed by atoms with Crippen LogP contribution in [0.4, 0.5) is 0 Å². The van der Waals surface area contributed by atoms with E-state index in [1.807, 2.05) is 0 Å². The van der Waals surface area contributed by atoms with Crippen molar-refractivity contribution in [3.63, 3.8) is 0 Å². The van der Waals surface area contributed by atoms with Gasteiger partial charge in [-0.15, -0.1) is 0 Å². The summed E-state index contributed by atoms with van der Waals surface area (Å²) in [5.74, 6) is 0.391. The fourth-order valence-corrected chi connectivity index (χ4v) is 4.01. The minimum absolute atomic E-state index is 0.391. The summed E-state index contributed by atoms with van der Waals surface area (Å²) in [7, 11) is -2.86. The van der Waals surface area contributed by atoms with Gasteiger partial charge in [-0.05, 0) is 18.8 Å². The van der Waals surface area contributed by atoms with Gasteiger partial charge in [0.25, 0.3) is 0 Å². The van der Waals surface area contributed by atoms with E-state index in [1.165, 1.54) is 38.5 Å². The Morgan fingerprint density at radius 3 is 1.95 bits per heavy atom. The van der Waals surface area contributed by atoms with Crippen molar-refractivity contribution < 1.29 is 13.6 Å². The third-order valence-electron chi connectivity index (χ3n) is 3.43. The molecule has 0 N–H and O–H groups in total. The smallest absolute Gasteiger partial charge is 0.309 e. The van der Waals surface area contributed by atoms with Gasteiger partial charge < -0.3 is 9.05 Å². The zero-order chi connectivity index (χ0) is 16.0. The Kier molecular flexibility index (Phi) is 13.9. The van der Waals surface area contributed by atoms with Gasteiger partial charge in [-0.1, -0.05) is 72.6 Å². The van der Waals surface area contributed by atoms with Gasteiger partial charge in [0.1, 0.15) is 0 Å². The van der Waals surface area contributed by atoms with Crippen LogP contribution in [0, 0.1) is 5.92 Å². The van der Waals surface area contributed by atoms with Gasteiger partial charge in [-0.2, -0.15) is 0 Å². The van der Waals surface area contributed by atoms with Gasteiger partial charge in [0.15, 0.2) is 0 Å². The highest BCUT2D eigenvalue weighted by molar-refractivity contribution is 7.53. The third kappa shape index (κ3) is 13.5. The average molecular weight is 320 g/mol. The number of hydrogen-bond donors (Lipinski definition) is 0. The van der Waals surface area contributed by atoms with E-state index in [0.717, 1.165) is 19.3 Å². The van der Waals surface area contributed by atoms with Crippen molar-refractivity contribution in [2.24, 2.45) is 5.92 Å². The largest absolute Gasteiger partial charge is 0.330 e. The molecule has 0 aliphatic carbocycles. The second-order valence-electron chi connectivity index (χ2n) is 6.33. The van der Waals surface area contributed by atoms with Crippen molar-refractivity contribution in [2.75, 3.05) is 19.4 Å². The minimum Gasteiger partial charge on any atom is -0.309 e. The lowest BCUT2D eigenvalue weighted by Crippen LogP contribution is -2.06. The maximum Gasteiger partial charge on any atom is 0.330 e. The minimum atomic E-state index is -2.86. The molecule has 0 heterocycles. The topological polar surface area (TPSA) is 35.5 Å². The van der Waals surface area contributed by atoms with Crippen LogP contribution < -0.4 is 0 Å². The van der Waals surface area contributed by atoms with Crippen molar-refractivity contribution in [1.29, 1.82) is 0 Å². The Labute approximate surface area is 132 Å². The molecular weight excluding hydrogens is 283 g/mol. The summed E-state index contributed by atoms with van der Waals surface area (Å²) >= 11 is 0. The molecule has 4 heteroatoms. The summed E-state index contributed by atoms with van der Waals surface area (Å²) in [4.78, 5) is 0. The molecule has 0 aliphatic rings. The molecule has 0 aromatic rings. The standard InChI is InChI=1S/C17H37O3P/c1-5-7-9-10-11-12-13-14-19-21(18,15-8-6-2)20-16-17(3)4/h17H,5-16H2,1-4H3. The summed E-state index contributed by atoms with van der Waals surface area (Å²) in [6, 6.07) is 0. The van der Waals surface area contributed by atoms with Crippen LogP contribution in [0.1, 0.15) is 85.5 Å². The van der Waals surface area contributed by atoms with Crippen LogP contribution in [0.5, 0.6) is 0 Å². The molecule has 3 nitrogen and oxygen atoms in total. The highest BCUT2D eigenvalue weighted by atomic mass is 31.2. The lowest BCUT2D eigenvalue weighted by molar-refractivity contribution is 0.184. The Morgan fingerprint density at radius 2 is 1.38 bits per heavy atom. The lowest BCUT2D eigenvalue weighted by atomic mass is 10.1. The molecule has 0 aromatic heterocycles. The number of unbranched alkanes of at least 4 members (excludes halogenated alkanes) is 7. The molecule has 128 valence electrons. The van der Waals surface area contributed by atoms with Crippen LogP contribution in [-0.4, -0.2) is 19.4 Å². The van der Waals surface area contributed by atoms with Gasteiger partial charge in [0.05, 0.1) is 19.4 Å². The first-order chi connectivity index (χ1) is 10.0. The van der Waals surface area contributed by atoms with Crippen molar-refractivity contribution in [1.82, 2.24) is 0 Å². The van der Waals surface area contributed by atoms with E-state index in [-0.39, 0.29) is 0 Å². The van der Waals surface area contributed by atoms with Gasteiger partial charge >= 0.3 is 7.60 Å². The number of hydrogen-bond acceptors (Lipinski definition) is 3. The molecule has 0 rings (SSSR count). The Bertz CT molecular complexity index is 267. The summed E-state index contributed by atoms with van der Waals surface area (Å²) in [5, 5.41) is 0. The molecule has 0 saturated heterocycles. The SMILES string of the molecule is CCCCCCCCCOP(=O)(CCCC)OCC(C)C. The van der Waals surface area contributed by atoms with Crippen molar-refractivity contribution >= 4 is 7.60 Å². The van der Waals surface area contributed by atoms with E-state index in [9.17, 15) is 4.57 Å². The number of rotatable bonds is 15. The molecule has 0 radical (unpaired) electrons. The molecule has 1 atom stereocenters. The van der Waals surface area contributed by atoms with Crippen LogP contribution in [0.3, 0.4) is 0 Å². The Balaban J connectivity index is 3.82. The van der Waals surface area contributed by atoms with Crippen molar-refractivity contribution in [3.8, 4) is 0 Å². The van der Waals surface area contributed by atoms with Crippen molar-refractivity contribution in [3.05, 3.63) is 0 Å². The van der Waals surface area contributed by atoms with Crippen LogP contribution in [-0.2, 0) is 13.6 Å². The van der Waals surface area contributed by atoms with E-state index in [4.69, 9.17) is 9.05 Å². The molecule has 0 aliphatic heterocycles. The van der Waals surface area contributed by atoms with E-state index in [2.05, 4.69) is 27.7 Å². The Morgan fingerprint density at radius 1 is 0.810 bits per heavy atom. The van der Waals surface area contributed by atoms with E-state index in [0.29, 0.717) is 25.3 Å². The van der Waals surface area contributed by atoms with Crippen LogP contribution >= 0.6 is 7.60 Å². The third-order valence-corrected chi connectivity index (χ3v) is 5.41. The molecule has 0 aromatic carbocycles. The summed E-state index contributed by atoms with van der Waals surface area (Å²) in [6.07, 6.45) is 11.2.